The van der Waals surface area contributed by atoms with Crippen molar-refractivity contribution in [2.24, 2.45) is 0 Å². The van der Waals surface area contributed by atoms with Crippen molar-refractivity contribution < 1.29 is 9.13 Å². The molecular weight excluding hydrogens is 274 g/mol. The van der Waals surface area contributed by atoms with Crippen LogP contribution < -0.4 is 4.74 Å². The maximum absolute atomic E-state index is 13.0. The smallest absolute Gasteiger partial charge is 0.141 e. The molecule has 0 aliphatic rings. The molecule has 0 amide bonds. The van der Waals surface area contributed by atoms with Gasteiger partial charge in [0.2, 0.25) is 0 Å². The van der Waals surface area contributed by atoms with E-state index in [1.807, 2.05) is 24.3 Å². The monoisotopic (exact) mass is 284 g/mol. The summed E-state index contributed by atoms with van der Waals surface area (Å²) >= 11 is 11.5. The van der Waals surface area contributed by atoms with Crippen LogP contribution in [-0.4, -0.2) is 0 Å². The third-order valence-electron chi connectivity index (χ3n) is 2.49. The van der Waals surface area contributed by atoms with Gasteiger partial charge in [-0.1, -0.05) is 35.9 Å². The molecule has 0 radical (unpaired) electrons. The fraction of sp³-hybridized carbons (Fsp3) is 0.143. The minimum atomic E-state index is -0.429. The highest BCUT2D eigenvalue weighted by Crippen LogP contribution is 2.22. The lowest BCUT2D eigenvalue weighted by atomic mass is 10.2. The second-order valence-electron chi connectivity index (χ2n) is 3.78. The highest BCUT2D eigenvalue weighted by Gasteiger charge is 2.04. The van der Waals surface area contributed by atoms with Crippen LogP contribution in [-0.2, 0) is 12.5 Å². The summed E-state index contributed by atoms with van der Waals surface area (Å²) in [5, 5.41) is 0.0988. The lowest BCUT2D eigenvalue weighted by Gasteiger charge is -2.10. The average molecular weight is 285 g/mol. The van der Waals surface area contributed by atoms with Crippen molar-refractivity contribution in [2.45, 2.75) is 12.5 Å². The van der Waals surface area contributed by atoms with Crippen molar-refractivity contribution in [3.8, 4) is 5.75 Å². The van der Waals surface area contributed by atoms with Gasteiger partial charge in [0.25, 0.3) is 0 Å². The van der Waals surface area contributed by atoms with Gasteiger partial charge in [0.15, 0.2) is 0 Å². The molecule has 94 valence electrons. The third-order valence-corrected chi connectivity index (χ3v) is 3.07. The first-order valence-electron chi connectivity index (χ1n) is 5.41. The fourth-order valence-corrected chi connectivity index (χ4v) is 1.97. The Kier molecular flexibility index (Phi) is 4.45. The van der Waals surface area contributed by atoms with Crippen LogP contribution in [0.15, 0.2) is 42.5 Å². The summed E-state index contributed by atoms with van der Waals surface area (Å²) in [5.74, 6) is 0.690. The Morgan fingerprint density at radius 1 is 1.11 bits per heavy atom. The van der Waals surface area contributed by atoms with Gasteiger partial charge >= 0.3 is 0 Å². The molecule has 2 aromatic rings. The molecule has 0 saturated carbocycles. The topological polar surface area (TPSA) is 9.23 Å². The Bertz CT molecular complexity index is 543. The second kappa shape index (κ2) is 6.07. The minimum Gasteiger partial charge on any atom is -0.489 e. The number of hydrogen-bond donors (Lipinski definition) is 0. The SMILES string of the molecule is Fc1ccc(COc2ccccc2CCl)cc1Cl. The number of benzene rings is 2. The summed E-state index contributed by atoms with van der Waals surface area (Å²) in [7, 11) is 0. The number of para-hydroxylation sites is 1. The molecule has 0 aliphatic carbocycles. The number of ether oxygens (including phenoxy) is 1. The summed E-state index contributed by atoms with van der Waals surface area (Å²) in [6.45, 7) is 0.327. The lowest BCUT2D eigenvalue weighted by molar-refractivity contribution is 0.303. The van der Waals surface area contributed by atoms with Crippen molar-refractivity contribution in [1.29, 1.82) is 0 Å². The third kappa shape index (κ3) is 3.15. The van der Waals surface area contributed by atoms with E-state index in [0.29, 0.717) is 12.5 Å². The minimum absolute atomic E-state index is 0.0988. The number of alkyl halides is 1. The molecule has 2 rings (SSSR count). The van der Waals surface area contributed by atoms with Gasteiger partial charge in [0, 0.05) is 5.56 Å². The molecule has 0 aliphatic heterocycles. The maximum atomic E-state index is 13.0. The van der Waals surface area contributed by atoms with Gasteiger partial charge in [-0.3, -0.25) is 0 Å². The van der Waals surface area contributed by atoms with Crippen LogP contribution in [0.1, 0.15) is 11.1 Å². The van der Waals surface area contributed by atoms with Crippen LogP contribution in [0.5, 0.6) is 5.75 Å². The molecule has 0 atom stereocenters. The Morgan fingerprint density at radius 3 is 2.61 bits per heavy atom. The van der Waals surface area contributed by atoms with E-state index in [-0.39, 0.29) is 5.02 Å². The van der Waals surface area contributed by atoms with Gasteiger partial charge in [0.05, 0.1) is 10.9 Å². The Hall–Kier alpha value is -1.25. The van der Waals surface area contributed by atoms with Crippen LogP contribution in [0.25, 0.3) is 0 Å². The summed E-state index contributed by atoms with van der Waals surface area (Å²) in [6, 6.07) is 12.1. The highest BCUT2D eigenvalue weighted by atomic mass is 35.5. The van der Waals surface area contributed by atoms with Gasteiger partial charge < -0.3 is 4.74 Å². The lowest BCUT2D eigenvalue weighted by Crippen LogP contribution is -1.98. The summed E-state index contributed by atoms with van der Waals surface area (Å²) < 4.78 is 18.6. The van der Waals surface area contributed by atoms with E-state index in [4.69, 9.17) is 27.9 Å². The second-order valence-corrected chi connectivity index (χ2v) is 4.45. The predicted octanol–water partition coefficient (Wildman–Crippen LogP) is 4.80. The maximum Gasteiger partial charge on any atom is 0.141 e. The van der Waals surface area contributed by atoms with Crippen molar-refractivity contribution in [2.75, 3.05) is 0 Å². The molecule has 18 heavy (non-hydrogen) atoms. The Labute approximate surface area is 115 Å². The van der Waals surface area contributed by atoms with E-state index in [9.17, 15) is 4.39 Å². The molecule has 0 unspecified atom stereocenters. The summed E-state index contributed by atoms with van der Waals surface area (Å²) in [5.41, 5.74) is 1.73. The van der Waals surface area contributed by atoms with Crippen LogP contribution in [0.2, 0.25) is 5.02 Å². The predicted molar refractivity (Wildman–Crippen MR) is 71.7 cm³/mol. The van der Waals surface area contributed by atoms with Crippen molar-refractivity contribution in [3.63, 3.8) is 0 Å². The molecule has 0 heterocycles. The molecule has 2 aromatic carbocycles. The van der Waals surface area contributed by atoms with E-state index >= 15 is 0 Å². The molecule has 0 spiro atoms. The van der Waals surface area contributed by atoms with Gasteiger partial charge in [-0.2, -0.15) is 0 Å². The molecule has 0 aromatic heterocycles. The first kappa shape index (κ1) is 13.2. The van der Waals surface area contributed by atoms with Gasteiger partial charge in [-0.05, 0) is 23.8 Å². The molecule has 0 bridgehead atoms. The van der Waals surface area contributed by atoms with Crippen LogP contribution in [0.3, 0.4) is 0 Å². The van der Waals surface area contributed by atoms with E-state index in [1.54, 1.807) is 12.1 Å². The zero-order valence-electron chi connectivity index (χ0n) is 9.50. The molecule has 1 nitrogen and oxygen atoms in total. The highest BCUT2D eigenvalue weighted by molar-refractivity contribution is 6.30. The van der Waals surface area contributed by atoms with E-state index in [2.05, 4.69) is 0 Å². The van der Waals surface area contributed by atoms with Gasteiger partial charge in [0.1, 0.15) is 18.2 Å². The molecule has 0 fully saturated rings. The molecule has 0 saturated heterocycles. The van der Waals surface area contributed by atoms with Gasteiger partial charge in [-0.15, -0.1) is 11.6 Å². The van der Waals surface area contributed by atoms with E-state index in [1.165, 1.54) is 6.07 Å². The zero-order chi connectivity index (χ0) is 13.0. The molecular formula is C14H11Cl2FO. The number of hydrogen-bond acceptors (Lipinski definition) is 1. The number of halogens is 3. The average Bonchev–Trinajstić information content (AvgIpc) is 2.40. The Morgan fingerprint density at radius 2 is 1.89 bits per heavy atom. The standard InChI is InChI=1S/C14H11Cl2FO/c15-8-11-3-1-2-4-14(11)18-9-10-5-6-13(17)12(16)7-10/h1-7H,8-9H2. The van der Waals surface area contributed by atoms with Crippen molar-refractivity contribution in [3.05, 3.63) is 64.4 Å². The normalized spacial score (nSPS) is 10.4. The largest absolute Gasteiger partial charge is 0.489 e. The fourth-order valence-electron chi connectivity index (χ4n) is 1.55. The van der Waals surface area contributed by atoms with Crippen LogP contribution in [0, 0.1) is 5.82 Å². The van der Waals surface area contributed by atoms with Gasteiger partial charge in [-0.25, -0.2) is 4.39 Å². The van der Waals surface area contributed by atoms with E-state index in [0.717, 1.165) is 16.9 Å². The Balaban J connectivity index is 2.09. The quantitative estimate of drug-likeness (QED) is 0.733. The van der Waals surface area contributed by atoms with E-state index < -0.39 is 5.82 Å². The number of rotatable bonds is 4. The first-order valence-corrected chi connectivity index (χ1v) is 6.32. The zero-order valence-corrected chi connectivity index (χ0v) is 11.0. The van der Waals surface area contributed by atoms with Crippen LogP contribution in [0.4, 0.5) is 4.39 Å². The molecule has 0 N–H and O–H groups in total. The van der Waals surface area contributed by atoms with Crippen molar-refractivity contribution in [1.82, 2.24) is 0 Å². The summed E-state index contributed by atoms with van der Waals surface area (Å²) in [4.78, 5) is 0. The van der Waals surface area contributed by atoms with Crippen molar-refractivity contribution >= 4 is 23.2 Å². The summed E-state index contributed by atoms with van der Waals surface area (Å²) in [6.07, 6.45) is 0. The van der Waals surface area contributed by atoms with Crippen LogP contribution >= 0.6 is 23.2 Å². The molecule has 4 heteroatoms. The first-order chi connectivity index (χ1) is 8.70.